The molecule has 0 aliphatic heterocycles. The minimum absolute atomic E-state index is 0.0376. The van der Waals surface area contributed by atoms with Gasteiger partial charge in [0.15, 0.2) is 0 Å². The molecule has 0 unspecified atom stereocenters. The topological polar surface area (TPSA) is 92.8 Å². The molecule has 0 bridgehead atoms. The SMILES string of the molecule is CCN(CC)C(=O)c1ccc(S(=O)(=O)Nc2ccc(C(=O)OC)cc2)cc1. The van der Waals surface area contributed by atoms with E-state index in [0.717, 1.165) is 0 Å². The van der Waals surface area contributed by atoms with Crippen LogP contribution >= 0.6 is 0 Å². The van der Waals surface area contributed by atoms with E-state index in [4.69, 9.17) is 0 Å². The molecule has 0 fully saturated rings. The molecule has 0 saturated carbocycles. The third-order valence-electron chi connectivity index (χ3n) is 4.02. The molecule has 0 aromatic heterocycles. The fraction of sp³-hybridized carbons (Fsp3) is 0.263. The summed E-state index contributed by atoms with van der Waals surface area (Å²) in [5, 5.41) is 0. The van der Waals surface area contributed by atoms with Gasteiger partial charge in [-0.2, -0.15) is 0 Å². The lowest BCUT2D eigenvalue weighted by Gasteiger charge is -2.18. The number of carbonyl (C=O) groups excluding carboxylic acids is 2. The van der Waals surface area contributed by atoms with Gasteiger partial charge in [0.25, 0.3) is 15.9 Å². The van der Waals surface area contributed by atoms with Crippen LogP contribution in [0.1, 0.15) is 34.6 Å². The maximum absolute atomic E-state index is 12.5. The van der Waals surface area contributed by atoms with E-state index in [0.29, 0.717) is 29.9 Å². The molecule has 1 N–H and O–H groups in total. The van der Waals surface area contributed by atoms with E-state index < -0.39 is 16.0 Å². The summed E-state index contributed by atoms with van der Waals surface area (Å²) < 4.78 is 32.1. The lowest BCUT2D eigenvalue weighted by atomic mass is 10.2. The third-order valence-corrected chi connectivity index (χ3v) is 5.42. The molecule has 27 heavy (non-hydrogen) atoms. The molecule has 1 amide bonds. The molecule has 0 saturated heterocycles. The molecule has 8 heteroatoms. The van der Waals surface area contributed by atoms with Gasteiger partial charge >= 0.3 is 5.97 Å². The summed E-state index contributed by atoms with van der Waals surface area (Å²) in [5.41, 5.74) is 1.06. The molecule has 7 nitrogen and oxygen atoms in total. The first-order chi connectivity index (χ1) is 12.8. The third kappa shape index (κ3) is 4.85. The second-order valence-corrected chi connectivity index (χ2v) is 7.36. The van der Waals surface area contributed by atoms with Gasteiger partial charge in [0, 0.05) is 24.3 Å². The number of sulfonamides is 1. The monoisotopic (exact) mass is 390 g/mol. The molecule has 0 atom stereocenters. The zero-order chi connectivity index (χ0) is 20.0. The predicted octanol–water partition coefficient (Wildman–Crippen LogP) is 2.76. The molecular weight excluding hydrogens is 368 g/mol. The molecule has 0 aliphatic rings. The number of esters is 1. The van der Waals surface area contributed by atoms with Crippen LogP contribution in [0.15, 0.2) is 53.4 Å². The van der Waals surface area contributed by atoms with E-state index in [1.165, 1.54) is 55.6 Å². The number of nitrogens with one attached hydrogen (secondary N) is 1. The van der Waals surface area contributed by atoms with Gasteiger partial charge in [0.05, 0.1) is 17.6 Å². The molecule has 0 heterocycles. The van der Waals surface area contributed by atoms with Gasteiger partial charge in [-0.05, 0) is 62.4 Å². The number of hydrogen-bond acceptors (Lipinski definition) is 5. The highest BCUT2D eigenvalue weighted by Crippen LogP contribution is 2.18. The van der Waals surface area contributed by atoms with Crippen molar-refractivity contribution >= 4 is 27.6 Å². The Morgan fingerprint density at radius 3 is 1.93 bits per heavy atom. The molecule has 144 valence electrons. The maximum Gasteiger partial charge on any atom is 0.337 e. The zero-order valence-corrected chi connectivity index (χ0v) is 16.2. The minimum atomic E-state index is -3.82. The standard InChI is InChI=1S/C19H22N2O5S/c1-4-21(5-2)18(22)14-8-12-17(13-9-14)27(24,25)20-16-10-6-15(7-11-16)19(23)26-3/h6-13,20H,4-5H2,1-3H3. The first kappa shape index (κ1) is 20.4. The van der Waals surface area contributed by atoms with Crippen molar-refractivity contribution in [1.82, 2.24) is 4.90 Å². The van der Waals surface area contributed by atoms with Crippen LogP contribution in [-0.2, 0) is 14.8 Å². The average Bonchev–Trinajstić information content (AvgIpc) is 2.68. The van der Waals surface area contributed by atoms with E-state index in [-0.39, 0.29) is 10.8 Å². The average molecular weight is 390 g/mol. The van der Waals surface area contributed by atoms with Gasteiger partial charge in [-0.25, -0.2) is 13.2 Å². The van der Waals surface area contributed by atoms with Crippen LogP contribution in [0.4, 0.5) is 5.69 Å². The van der Waals surface area contributed by atoms with E-state index in [1.54, 1.807) is 4.90 Å². The van der Waals surface area contributed by atoms with Gasteiger partial charge in [-0.15, -0.1) is 0 Å². The highest BCUT2D eigenvalue weighted by molar-refractivity contribution is 7.92. The second kappa shape index (κ2) is 8.68. The second-order valence-electron chi connectivity index (χ2n) is 5.68. The highest BCUT2D eigenvalue weighted by atomic mass is 32.2. The first-order valence-corrected chi connectivity index (χ1v) is 9.91. The Morgan fingerprint density at radius 1 is 0.926 bits per heavy atom. The van der Waals surface area contributed by atoms with Crippen LogP contribution < -0.4 is 4.72 Å². The molecule has 0 spiro atoms. The largest absolute Gasteiger partial charge is 0.465 e. The number of amides is 1. The van der Waals surface area contributed by atoms with Crippen molar-refractivity contribution in [3.05, 3.63) is 59.7 Å². The normalized spacial score (nSPS) is 10.9. The van der Waals surface area contributed by atoms with Gasteiger partial charge in [0.2, 0.25) is 0 Å². The van der Waals surface area contributed by atoms with Crippen molar-refractivity contribution in [2.75, 3.05) is 24.9 Å². The molecular formula is C19H22N2O5S. The van der Waals surface area contributed by atoms with Crippen LogP contribution in [0, 0.1) is 0 Å². The van der Waals surface area contributed by atoms with E-state index in [2.05, 4.69) is 9.46 Å². The van der Waals surface area contributed by atoms with Crippen molar-refractivity contribution in [3.63, 3.8) is 0 Å². The van der Waals surface area contributed by atoms with Crippen molar-refractivity contribution in [1.29, 1.82) is 0 Å². The number of anilines is 1. The Morgan fingerprint density at radius 2 is 1.44 bits per heavy atom. The van der Waals surface area contributed by atoms with Crippen LogP contribution in [0.25, 0.3) is 0 Å². The molecule has 0 radical (unpaired) electrons. The number of ether oxygens (including phenoxy) is 1. The predicted molar refractivity (Wildman–Crippen MR) is 102 cm³/mol. The fourth-order valence-electron chi connectivity index (χ4n) is 2.48. The van der Waals surface area contributed by atoms with Crippen LogP contribution in [0.3, 0.4) is 0 Å². The number of hydrogen-bond donors (Lipinski definition) is 1. The Kier molecular flexibility index (Phi) is 6.57. The minimum Gasteiger partial charge on any atom is -0.465 e. The van der Waals surface area contributed by atoms with Crippen molar-refractivity contribution in [2.24, 2.45) is 0 Å². The summed E-state index contributed by atoms with van der Waals surface area (Å²) in [6.45, 7) is 4.93. The molecule has 2 aromatic carbocycles. The quantitative estimate of drug-likeness (QED) is 0.734. The smallest absolute Gasteiger partial charge is 0.337 e. The molecule has 0 aliphatic carbocycles. The first-order valence-electron chi connectivity index (χ1n) is 8.43. The number of carbonyl (C=O) groups is 2. The molecule has 2 aromatic rings. The van der Waals surface area contributed by atoms with E-state index >= 15 is 0 Å². The van der Waals surface area contributed by atoms with Crippen molar-refractivity contribution in [3.8, 4) is 0 Å². The van der Waals surface area contributed by atoms with Gasteiger partial charge in [0.1, 0.15) is 0 Å². The van der Waals surface area contributed by atoms with Gasteiger partial charge < -0.3 is 9.64 Å². The lowest BCUT2D eigenvalue weighted by molar-refractivity contribution is 0.0600. The zero-order valence-electron chi connectivity index (χ0n) is 15.4. The number of rotatable bonds is 7. The van der Waals surface area contributed by atoms with Crippen molar-refractivity contribution < 1.29 is 22.7 Å². The number of nitrogens with zero attached hydrogens (tertiary/aromatic N) is 1. The summed E-state index contributed by atoms with van der Waals surface area (Å²) in [7, 11) is -2.55. The summed E-state index contributed by atoms with van der Waals surface area (Å²) >= 11 is 0. The highest BCUT2D eigenvalue weighted by Gasteiger charge is 2.17. The lowest BCUT2D eigenvalue weighted by Crippen LogP contribution is -2.30. The Labute approximate surface area is 159 Å². The van der Waals surface area contributed by atoms with Crippen molar-refractivity contribution in [2.45, 2.75) is 18.7 Å². The fourth-order valence-corrected chi connectivity index (χ4v) is 3.53. The Balaban J connectivity index is 2.17. The van der Waals surface area contributed by atoms with Crippen LogP contribution in [0.5, 0.6) is 0 Å². The maximum atomic E-state index is 12.5. The van der Waals surface area contributed by atoms with Crippen LogP contribution in [0.2, 0.25) is 0 Å². The summed E-state index contributed by atoms with van der Waals surface area (Å²) in [6, 6.07) is 11.7. The summed E-state index contributed by atoms with van der Waals surface area (Å²) in [5.74, 6) is -0.645. The summed E-state index contributed by atoms with van der Waals surface area (Å²) in [6.07, 6.45) is 0. The van der Waals surface area contributed by atoms with Crippen LogP contribution in [-0.4, -0.2) is 45.4 Å². The molecule has 2 rings (SSSR count). The van der Waals surface area contributed by atoms with E-state index in [9.17, 15) is 18.0 Å². The number of methoxy groups -OCH3 is 1. The Bertz CT molecular complexity index is 902. The van der Waals surface area contributed by atoms with E-state index in [1.807, 2.05) is 13.8 Å². The van der Waals surface area contributed by atoms with Gasteiger partial charge in [-0.3, -0.25) is 9.52 Å². The number of benzene rings is 2. The van der Waals surface area contributed by atoms with Gasteiger partial charge in [-0.1, -0.05) is 0 Å². The summed E-state index contributed by atoms with van der Waals surface area (Å²) in [4.78, 5) is 25.4. The Hall–Kier alpha value is -2.87.